The van der Waals surface area contributed by atoms with E-state index in [2.05, 4.69) is 6.92 Å². The van der Waals surface area contributed by atoms with E-state index in [1.54, 1.807) is 0 Å². The van der Waals surface area contributed by atoms with Crippen molar-refractivity contribution >= 4 is 11.9 Å². The smallest absolute Gasteiger partial charge is 0.306 e. The molecule has 0 aliphatic heterocycles. The normalized spacial score (nSPS) is 12.0. The average Bonchev–Trinajstić information content (AvgIpc) is 2.72. The molecule has 172 valence electrons. The van der Waals surface area contributed by atoms with Crippen LogP contribution >= 0.6 is 0 Å². The summed E-state index contributed by atoms with van der Waals surface area (Å²) in [5.74, 6) is -0.630. The van der Waals surface area contributed by atoms with Crippen molar-refractivity contribution in [1.29, 1.82) is 0 Å². The highest BCUT2D eigenvalue weighted by molar-refractivity contribution is 5.70. The maximum atomic E-state index is 11.8. The van der Waals surface area contributed by atoms with Gasteiger partial charge in [-0.25, -0.2) is 0 Å². The van der Waals surface area contributed by atoms with Crippen molar-refractivity contribution in [3.63, 3.8) is 0 Å². The molecule has 29 heavy (non-hydrogen) atoms. The summed E-state index contributed by atoms with van der Waals surface area (Å²) in [6, 6.07) is 0. The maximum Gasteiger partial charge on any atom is 0.306 e. The number of rotatable bonds is 21. The fourth-order valence-corrected chi connectivity index (χ4v) is 3.24. The zero-order valence-electron chi connectivity index (χ0n) is 19.1. The molecule has 0 aromatic rings. The minimum Gasteiger partial charge on any atom is -0.462 e. The van der Waals surface area contributed by atoms with Gasteiger partial charge in [0.25, 0.3) is 0 Å². The van der Waals surface area contributed by atoms with Crippen molar-refractivity contribution in [3.8, 4) is 0 Å². The molecule has 0 rings (SSSR count). The largest absolute Gasteiger partial charge is 0.462 e. The van der Waals surface area contributed by atoms with Crippen molar-refractivity contribution < 1.29 is 24.2 Å². The van der Waals surface area contributed by atoms with E-state index in [1.807, 2.05) is 6.92 Å². The molecule has 0 aromatic carbocycles. The van der Waals surface area contributed by atoms with Crippen molar-refractivity contribution in [1.82, 2.24) is 0 Å². The number of carbonyl (C=O) groups excluding carboxylic acids is 2. The second kappa shape index (κ2) is 21.6. The molecule has 0 spiro atoms. The number of hydrogen-bond donors (Lipinski definition) is 1. The van der Waals surface area contributed by atoms with Gasteiger partial charge in [0.2, 0.25) is 0 Å². The molecule has 0 aromatic heterocycles. The van der Waals surface area contributed by atoms with Gasteiger partial charge in [0.1, 0.15) is 6.61 Å². The van der Waals surface area contributed by atoms with Crippen LogP contribution in [0.3, 0.4) is 0 Å². The molecule has 0 bridgehead atoms. The quantitative estimate of drug-likeness (QED) is 0.181. The number of aliphatic hydroxyl groups excluding tert-OH is 1. The van der Waals surface area contributed by atoms with Crippen LogP contribution in [-0.2, 0) is 19.1 Å². The Morgan fingerprint density at radius 1 is 0.655 bits per heavy atom. The molecule has 1 atom stereocenters. The second-order valence-corrected chi connectivity index (χ2v) is 8.07. The van der Waals surface area contributed by atoms with Gasteiger partial charge in [0, 0.05) is 12.8 Å². The van der Waals surface area contributed by atoms with Crippen molar-refractivity contribution in [3.05, 3.63) is 0 Å². The van der Waals surface area contributed by atoms with Gasteiger partial charge in [-0.15, -0.1) is 0 Å². The summed E-state index contributed by atoms with van der Waals surface area (Å²) >= 11 is 0. The number of ether oxygens (including phenoxy) is 2. The Balaban J connectivity index is 3.47. The molecule has 0 saturated heterocycles. The third-order valence-corrected chi connectivity index (χ3v) is 5.15. The van der Waals surface area contributed by atoms with E-state index in [0.717, 1.165) is 32.1 Å². The van der Waals surface area contributed by atoms with E-state index in [1.165, 1.54) is 64.2 Å². The number of unbranched alkanes of at least 4 members (excludes halogenated alkanes) is 13. The van der Waals surface area contributed by atoms with Gasteiger partial charge in [-0.2, -0.15) is 0 Å². The lowest BCUT2D eigenvalue weighted by molar-refractivity contribution is -0.161. The van der Waals surface area contributed by atoms with E-state index in [9.17, 15) is 14.7 Å². The standard InChI is InChI=1S/C24H46O5/c1-3-5-7-8-9-10-11-12-13-14-15-16-17-19-23(26)28-21-22(20-25)29-24(27)18-6-4-2/h22,25H,3-21H2,1-2H3/t22-/m1/s1. The van der Waals surface area contributed by atoms with Crippen LogP contribution in [0.4, 0.5) is 0 Å². The molecular weight excluding hydrogens is 368 g/mol. The second-order valence-electron chi connectivity index (χ2n) is 8.07. The van der Waals surface area contributed by atoms with Gasteiger partial charge < -0.3 is 14.6 Å². The number of carbonyl (C=O) groups is 2. The Labute approximate surface area is 178 Å². The summed E-state index contributed by atoms with van der Waals surface area (Å²) in [5.41, 5.74) is 0. The Kier molecular flexibility index (Phi) is 20.8. The predicted molar refractivity (Wildman–Crippen MR) is 118 cm³/mol. The summed E-state index contributed by atoms with van der Waals surface area (Å²) in [6.45, 7) is 3.86. The first-order valence-electron chi connectivity index (χ1n) is 12.1. The van der Waals surface area contributed by atoms with Crippen molar-refractivity contribution in [2.75, 3.05) is 13.2 Å². The zero-order valence-corrected chi connectivity index (χ0v) is 19.1. The molecule has 5 nitrogen and oxygen atoms in total. The lowest BCUT2D eigenvalue weighted by atomic mass is 10.0. The third kappa shape index (κ3) is 20.0. The first-order chi connectivity index (χ1) is 14.1. The molecule has 0 heterocycles. The summed E-state index contributed by atoms with van der Waals surface area (Å²) < 4.78 is 10.2. The first kappa shape index (κ1) is 27.9. The summed E-state index contributed by atoms with van der Waals surface area (Å²) in [4.78, 5) is 23.3. The van der Waals surface area contributed by atoms with E-state index in [-0.39, 0.29) is 25.2 Å². The molecule has 0 fully saturated rings. The number of esters is 2. The molecule has 0 radical (unpaired) electrons. The van der Waals surface area contributed by atoms with Gasteiger partial charge >= 0.3 is 11.9 Å². The van der Waals surface area contributed by atoms with E-state index in [4.69, 9.17) is 9.47 Å². The third-order valence-electron chi connectivity index (χ3n) is 5.15. The van der Waals surface area contributed by atoms with Crippen LogP contribution in [0.5, 0.6) is 0 Å². The van der Waals surface area contributed by atoms with Crippen LogP contribution in [0.15, 0.2) is 0 Å². The molecule has 0 unspecified atom stereocenters. The van der Waals surface area contributed by atoms with E-state index < -0.39 is 6.10 Å². The fourth-order valence-electron chi connectivity index (χ4n) is 3.24. The topological polar surface area (TPSA) is 72.8 Å². The summed E-state index contributed by atoms with van der Waals surface area (Å²) in [7, 11) is 0. The van der Waals surface area contributed by atoms with Crippen molar-refractivity contribution in [2.24, 2.45) is 0 Å². The van der Waals surface area contributed by atoms with Gasteiger partial charge in [-0.05, 0) is 12.8 Å². The van der Waals surface area contributed by atoms with Crippen LogP contribution in [0.1, 0.15) is 123 Å². The lowest BCUT2D eigenvalue weighted by Crippen LogP contribution is -2.28. The Bertz CT molecular complexity index is 383. The Hall–Kier alpha value is -1.10. The Morgan fingerprint density at radius 2 is 1.10 bits per heavy atom. The van der Waals surface area contributed by atoms with Crippen molar-refractivity contribution in [2.45, 2.75) is 129 Å². The van der Waals surface area contributed by atoms with Crippen LogP contribution < -0.4 is 0 Å². The summed E-state index contributed by atoms with van der Waals surface area (Å²) in [6.07, 6.45) is 18.1. The van der Waals surface area contributed by atoms with Crippen LogP contribution in [0.25, 0.3) is 0 Å². The Morgan fingerprint density at radius 3 is 1.59 bits per heavy atom. The van der Waals surface area contributed by atoms with Crippen LogP contribution in [0.2, 0.25) is 0 Å². The highest BCUT2D eigenvalue weighted by Gasteiger charge is 2.15. The maximum absolute atomic E-state index is 11.8. The van der Waals surface area contributed by atoms with E-state index in [0.29, 0.717) is 12.8 Å². The SMILES string of the molecule is CCCCCCCCCCCCCCCC(=O)OC[C@@H](CO)OC(=O)CCCC. The number of hydrogen-bond acceptors (Lipinski definition) is 5. The van der Waals surface area contributed by atoms with Gasteiger partial charge in [0.15, 0.2) is 6.10 Å². The molecule has 0 amide bonds. The van der Waals surface area contributed by atoms with Gasteiger partial charge in [-0.1, -0.05) is 97.3 Å². The first-order valence-corrected chi connectivity index (χ1v) is 12.1. The molecule has 0 aliphatic carbocycles. The van der Waals surface area contributed by atoms with Crippen LogP contribution in [-0.4, -0.2) is 36.4 Å². The number of aliphatic hydroxyl groups is 1. The minimum absolute atomic E-state index is 0.0638. The fraction of sp³-hybridized carbons (Fsp3) is 0.917. The minimum atomic E-state index is -0.755. The lowest BCUT2D eigenvalue weighted by Gasteiger charge is -2.15. The van der Waals surface area contributed by atoms with E-state index >= 15 is 0 Å². The molecule has 0 saturated carbocycles. The average molecular weight is 415 g/mol. The highest BCUT2D eigenvalue weighted by Crippen LogP contribution is 2.13. The van der Waals surface area contributed by atoms with Gasteiger partial charge in [0.05, 0.1) is 6.61 Å². The highest BCUT2D eigenvalue weighted by atomic mass is 16.6. The molecule has 5 heteroatoms. The molecule has 0 aliphatic rings. The monoisotopic (exact) mass is 414 g/mol. The van der Waals surface area contributed by atoms with Crippen LogP contribution in [0, 0.1) is 0 Å². The summed E-state index contributed by atoms with van der Waals surface area (Å²) in [5, 5.41) is 9.24. The zero-order chi connectivity index (χ0) is 21.6. The molecular formula is C24H46O5. The van der Waals surface area contributed by atoms with Gasteiger partial charge in [-0.3, -0.25) is 9.59 Å². The molecule has 1 N–H and O–H groups in total. The predicted octanol–water partition coefficient (Wildman–Crippen LogP) is 6.11.